The predicted octanol–water partition coefficient (Wildman–Crippen LogP) is 3.45. The number of amides is 3. The van der Waals surface area contributed by atoms with Crippen molar-refractivity contribution in [2.45, 2.75) is 6.54 Å². The molecule has 1 N–H and O–H groups in total. The van der Waals surface area contributed by atoms with Gasteiger partial charge in [-0.15, -0.1) is 0 Å². The van der Waals surface area contributed by atoms with Crippen molar-refractivity contribution in [3.8, 4) is 0 Å². The van der Waals surface area contributed by atoms with E-state index in [2.05, 4.69) is 21.2 Å². The van der Waals surface area contributed by atoms with Gasteiger partial charge in [-0.25, -0.2) is 4.79 Å². The smallest absolute Gasteiger partial charge is 0.303 e. The maximum absolute atomic E-state index is 12.5. The number of urea groups is 1. The minimum atomic E-state index is -0.558. The summed E-state index contributed by atoms with van der Waals surface area (Å²) >= 11 is 3.32. The van der Waals surface area contributed by atoms with Gasteiger partial charge in [0.2, 0.25) is 0 Å². The fourth-order valence-electron chi connectivity index (χ4n) is 2.42. The molecule has 0 unspecified atom stereocenters. The zero-order chi connectivity index (χ0) is 18.0. The van der Waals surface area contributed by atoms with Crippen molar-refractivity contribution in [1.29, 1.82) is 0 Å². The molecule has 3 amide bonds. The molecule has 0 aliphatic carbocycles. The Hall–Kier alpha value is -3.00. The van der Waals surface area contributed by atoms with Crippen LogP contribution in [0.25, 0.3) is 6.08 Å². The first-order valence-corrected chi connectivity index (χ1v) is 8.07. The number of nitrogens with zero attached hydrogens (tertiary/aromatic N) is 2. The molecule has 1 aliphatic rings. The second-order valence-electron chi connectivity index (χ2n) is 5.32. The largest absolute Gasteiger partial charge is 0.329 e. The maximum atomic E-state index is 12.5. The van der Waals surface area contributed by atoms with Gasteiger partial charge in [-0.3, -0.25) is 19.8 Å². The molecule has 0 saturated carbocycles. The van der Waals surface area contributed by atoms with Crippen LogP contribution in [0.5, 0.6) is 0 Å². The molecule has 2 aromatic carbocycles. The lowest BCUT2D eigenvalue weighted by atomic mass is 10.1. The number of hydrogen-bond acceptors (Lipinski definition) is 4. The number of benzene rings is 2. The number of carbonyl (C=O) groups is 2. The number of halogens is 1. The van der Waals surface area contributed by atoms with E-state index in [9.17, 15) is 19.7 Å². The lowest BCUT2D eigenvalue weighted by molar-refractivity contribution is -0.385. The Bertz CT molecular complexity index is 893. The van der Waals surface area contributed by atoms with E-state index in [1.54, 1.807) is 18.2 Å². The van der Waals surface area contributed by atoms with Gasteiger partial charge in [-0.05, 0) is 29.8 Å². The van der Waals surface area contributed by atoms with Gasteiger partial charge in [0, 0.05) is 10.5 Å². The van der Waals surface area contributed by atoms with Crippen LogP contribution in [-0.2, 0) is 11.3 Å². The van der Waals surface area contributed by atoms with Gasteiger partial charge in [0.25, 0.3) is 11.6 Å². The van der Waals surface area contributed by atoms with E-state index in [-0.39, 0.29) is 23.5 Å². The summed E-state index contributed by atoms with van der Waals surface area (Å²) in [5.74, 6) is -0.522. The summed E-state index contributed by atoms with van der Waals surface area (Å²) in [6, 6.07) is 12.7. The standard InChI is InChI=1S/C17H12BrN3O4/c18-13-7-5-11(6-8-13)10-20-16(22)14(19-17(20)23)9-12-3-1-2-4-15(12)21(24)25/h1-9H,10H2,(H,19,23)/b14-9+. The van der Waals surface area contributed by atoms with Crippen LogP contribution in [0.3, 0.4) is 0 Å². The Labute approximate surface area is 151 Å². The monoisotopic (exact) mass is 401 g/mol. The Balaban J connectivity index is 1.86. The second kappa shape index (κ2) is 6.86. The number of hydrogen-bond donors (Lipinski definition) is 1. The van der Waals surface area contributed by atoms with Crippen molar-refractivity contribution in [3.63, 3.8) is 0 Å². The first-order valence-electron chi connectivity index (χ1n) is 7.28. The summed E-state index contributed by atoms with van der Waals surface area (Å²) in [7, 11) is 0. The van der Waals surface area contributed by atoms with E-state index in [1.165, 1.54) is 24.3 Å². The molecular formula is C17H12BrN3O4. The number of nitro benzene ring substituents is 1. The normalized spacial score (nSPS) is 15.6. The van der Waals surface area contributed by atoms with Crippen LogP contribution in [0.4, 0.5) is 10.5 Å². The minimum Gasteiger partial charge on any atom is -0.303 e. The summed E-state index contributed by atoms with van der Waals surface area (Å²) in [6.07, 6.45) is 1.32. The number of para-hydroxylation sites is 1. The molecule has 7 nitrogen and oxygen atoms in total. The van der Waals surface area contributed by atoms with Crippen molar-refractivity contribution in [3.05, 3.63) is 79.9 Å². The molecule has 0 radical (unpaired) electrons. The van der Waals surface area contributed by atoms with E-state index in [4.69, 9.17) is 0 Å². The second-order valence-corrected chi connectivity index (χ2v) is 6.24. The third-order valence-corrected chi connectivity index (χ3v) is 4.18. The first kappa shape index (κ1) is 16.8. The van der Waals surface area contributed by atoms with Crippen LogP contribution in [-0.4, -0.2) is 21.8 Å². The zero-order valence-corrected chi connectivity index (χ0v) is 14.4. The van der Waals surface area contributed by atoms with Gasteiger partial charge < -0.3 is 5.32 Å². The number of carbonyl (C=O) groups excluding carboxylic acids is 2. The van der Waals surface area contributed by atoms with Crippen molar-refractivity contribution >= 4 is 39.6 Å². The number of rotatable bonds is 4. The molecule has 1 saturated heterocycles. The van der Waals surface area contributed by atoms with E-state index in [1.807, 2.05) is 12.1 Å². The molecule has 0 spiro atoms. The van der Waals surface area contributed by atoms with Crippen LogP contribution in [0.15, 0.2) is 58.7 Å². The highest BCUT2D eigenvalue weighted by molar-refractivity contribution is 9.10. The molecule has 0 aromatic heterocycles. The summed E-state index contributed by atoms with van der Waals surface area (Å²) in [5.41, 5.74) is 0.917. The van der Waals surface area contributed by atoms with Gasteiger partial charge in [0.15, 0.2) is 0 Å². The third kappa shape index (κ3) is 3.58. The van der Waals surface area contributed by atoms with Crippen LogP contribution in [0, 0.1) is 10.1 Å². The summed E-state index contributed by atoms with van der Waals surface area (Å²) in [6.45, 7) is 0.117. The zero-order valence-electron chi connectivity index (χ0n) is 12.8. The maximum Gasteiger partial charge on any atom is 0.329 e. The van der Waals surface area contributed by atoms with Crippen molar-refractivity contribution in [2.24, 2.45) is 0 Å². The first-order chi connectivity index (χ1) is 12.0. The van der Waals surface area contributed by atoms with Crippen molar-refractivity contribution in [2.75, 3.05) is 0 Å². The van der Waals surface area contributed by atoms with Gasteiger partial charge in [-0.1, -0.05) is 40.2 Å². The van der Waals surface area contributed by atoms with Gasteiger partial charge in [-0.2, -0.15) is 0 Å². The van der Waals surface area contributed by atoms with Crippen LogP contribution < -0.4 is 5.32 Å². The number of imide groups is 1. The average molecular weight is 402 g/mol. The Morgan fingerprint density at radius 3 is 2.48 bits per heavy atom. The summed E-state index contributed by atoms with van der Waals surface area (Å²) < 4.78 is 0.894. The minimum absolute atomic E-state index is 0.0106. The van der Waals surface area contributed by atoms with Crippen LogP contribution >= 0.6 is 15.9 Å². The fourth-order valence-corrected chi connectivity index (χ4v) is 2.68. The number of nitro groups is 1. The molecule has 1 aliphatic heterocycles. The summed E-state index contributed by atoms with van der Waals surface area (Å²) in [4.78, 5) is 36.1. The van der Waals surface area contributed by atoms with Crippen molar-refractivity contribution < 1.29 is 14.5 Å². The molecule has 126 valence electrons. The van der Waals surface area contributed by atoms with E-state index in [0.29, 0.717) is 0 Å². The highest BCUT2D eigenvalue weighted by atomic mass is 79.9. The third-order valence-electron chi connectivity index (χ3n) is 3.65. The Kier molecular flexibility index (Phi) is 4.62. The number of nitrogens with one attached hydrogen (secondary N) is 1. The SMILES string of the molecule is O=C1N/C(=C/c2ccccc2[N+](=O)[O-])C(=O)N1Cc1ccc(Br)cc1. The Morgan fingerprint density at radius 2 is 1.80 bits per heavy atom. The van der Waals surface area contributed by atoms with Crippen LogP contribution in [0.2, 0.25) is 0 Å². The molecule has 2 aromatic rings. The lowest BCUT2D eigenvalue weighted by Gasteiger charge is -2.11. The lowest BCUT2D eigenvalue weighted by Crippen LogP contribution is -2.30. The predicted molar refractivity (Wildman–Crippen MR) is 94.3 cm³/mol. The summed E-state index contributed by atoms with van der Waals surface area (Å²) in [5, 5.41) is 13.5. The van der Waals surface area contributed by atoms with Gasteiger partial charge in [0.1, 0.15) is 5.70 Å². The van der Waals surface area contributed by atoms with Gasteiger partial charge >= 0.3 is 6.03 Å². The quantitative estimate of drug-likeness (QED) is 0.367. The topological polar surface area (TPSA) is 92.5 Å². The van der Waals surface area contributed by atoms with Crippen molar-refractivity contribution in [1.82, 2.24) is 10.2 Å². The molecule has 0 atom stereocenters. The fraction of sp³-hybridized carbons (Fsp3) is 0.0588. The molecule has 1 heterocycles. The molecule has 25 heavy (non-hydrogen) atoms. The highest BCUT2D eigenvalue weighted by Crippen LogP contribution is 2.23. The molecule has 1 fully saturated rings. The van der Waals surface area contributed by atoms with E-state index < -0.39 is 16.9 Å². The average Bonchev–Trinajstić information content (AvgIpc) is 2.84. The Morgan fingerprint density at radius 1 is 1.12 bits per heavy atom. The highest BCUT2D eigenvalue weighted by Gasteiger charge is 2.33. The molecule has 3 rings (SSSR count). The van der Waals surface area contributed by atoms with Crippen LogP contribution in [0.1, 0.15) is 11.1 Å². The van der Waals surface area contributed by atoms with Gasteiger partial charge in [0.05, 0.1) is 17.0 Å². The van der Waals surface area contributed by atoms with E-state index in [0.717, 1.165) is 14.9 Å². The molecule has 0 bridgehead atoms. The van der Waals surface area contributed by atoms with E-state index >= 15 is 0 Å². The molecule has 8 heteroatoms. The molecular weight excluding hydrogens is 390 g/mol.